The number of aliphatic hydroxyl groups excluding tert-OH is 1. The van der Waals surface area contributed by atoms with Crippen LogP contribution in [0.2, 0.25) is 0 Å². The number of rotatable bonds is 6. The van der Waals surface area contributed by atoms with Crippen molar-refractivity contribution in [3.8, 4) is 0 Å². The van der Waals surface area contributed by atoms with Gasteiger partial charge < -0.3 is 20.6 Å². The highest BCUT2D eigenvalue weighted by Crippen LogP contribution is 2.15. The maximum atomic E-state index is 11.8. The Balaban J connectivity index is 2.63. The van der Waals surface area contributed by atoms with E-state index in [9.17, 15) is 9.59 Å². The number of urea groups is 1. The van der Waals surface area contributed by atoms with E-state index in [0.29, 0.717) is 17.8 Å². The minimum atomic E-state index is -0.309. The molecular formula is C14H21N3O3. The number of hydrogen-bond donors (Lipinski definition) is 3. The van der Waals surface area contributed by atoms with E-state index in [1.165, 1.54) is 4.90 Å². The van der Waals surface area contributed by atoms with Crippen LogP contribution in [0.1, 0.15) is 19.8 Å². The third-order valence-corrected chi connectivity index (χ3v) is 2.66. The monoisotopic (exact) mass is 279 g/mol. The second-order valence-corrected chi connectivity index (χ2v) is 4.45. The second-order valence-electron chi connectivity index (χ2n) is 4.45. The molecule has 0 saturated heterocycles. The predicted octanol–water partition coefficient (Wildman–Crippen LogP) is 1.88. The lowest BCUT2D eigenvalue weighted by atomic mass is 10.2. The predicted molar refractivity (Wildman–Crippen MR) is 78.7 cm³/mol. The van der Waals surface area contributed by atoms with Gasteiger partial charge in [-0.2, -0.15) is 0 Å². The van der Waals surface area contributed by atoms with Gasteiger partial charge in [0.1, 0.15) is 0 Å². The summed E-state index contributed by atoms with van der Waals surface area (Å²) < 4.78 is 0. The van der Waals surface area contributed by atoms with Crippen molar-refractivity contribution in [2.45, 2.75) is 19.8 Å². The molecule has 110 valence electrons. The SMILES string of the molecule is CCCC(=O)Nc1cccc(NC(=O)N(C)CCO)c1. The molecule has 0 spiro atoms. The molecule has 0 atom stereocenters. The summed E-state index contributed by atoms with van der Waals surface area (Å²) in [5.41, 5.74) is 1.24. The fourth-order valence-electron chi connectivity index (χ4n) is 1.60. The molecular weight excluding hydrogens is 258 g/mol. The van der Waals surface area contributed by atoms with Gasteiger partial charge in [0.05, 0.1) is 6.61 Å². The lowest BCUT2D eigenvalue weighted by Crippen LogP contribution is -2.33. The quantitative estimate of drug-likeness (QED) is 0.743. The van der Waals surface area contributed by atoms with Crippen molar-refractivity contribution in [2.75, 3.05) is 30.8 Å². The summed E-state index contributed by atoms with van der Waals surface area (Å²) in [5, 5.41) is 14.2. The van der Waals surface area contributed by atoms with Crippen LogP contribution in [-0.4, -0.2) is 42.1 Å². The highest BCUT2D eigenvalue weighted by molar-refractivity contribution is 5.93. The zero-order valence-electron chi connectivity index (χ0n) is 11.8. The summed E-state index contributed by atoms with van der Waals surface area (Å²) in [7, 11) is 1.60. The summed E-state index contributed by atoms with van der Waals surface area (Å²) in [6.45, 7) is 2.11. The molecule has 6 heteroatoms. The van der Waals surface area contributed by atoms with Crippen molar-refractivity contribution < 1.29 is 14.7 Å². The number of amides is 3. The third kappa shape index (κ3) is 5.27. The second kappa shape index (κ2) is 8.16. The Bertz CT molecular complexity index is 463. The molecule has 0 radical (unpaired) electrons. The Morgan fingerprint density at radius 1 is 1.25 bits per heavy atom. The van der Waals surface area contributed by atoms with Gasteiger partial charge in [0.2, 0.25) is 5.91 Å². The number of hydrogen-bond acceptors (Lipinski definition) is 3. The van der Waals surface area contributed by atoms with Crippen LogP contribution < -0.4 is 10.6 Å². The molecule has 1 aromatic carbocycles. The third-order valence-electron chi connectivity index (χ3n) is 2.66. The molecule has 0 aromatic heterocycles. The highest BCUT2D eigenvalue weighted by Gasteiger charge is 2.08. The van der Waals surface area contributed by atoms with Gasteiger partial charge in [-0.05, 0) is 24.6 Å². The van der Waals surface area contributed by atoms with Crippen LogP contribution in [0.5, 0.6) is 0 Å². The zero-order valence-corrected chi connectivity index (χ0v) is 11.8. The lowest BCUT2D eigenvalue weighted by Gasteiger charge is -2.17. The van der Waals surface area contributed by atoms with Crippen molar-refractivity contribution in [1.82, 2.24) is 4.90 Å². The average molecular weight is 279 g/mol. The molecule has 1 aromatic rings. The maximum Gasteiger partial charge on any atom is 0.321 e. The van der Waals surface area contributed by atoms with Crippen LogP contribution in [0.3, 0.4) is 0 Å². The molecule has 3 N–H and O–H groups in total. The Morgan fingerprint density at radius 3 is 2.50 bits per heavy atom. The van der Waals surface area contributed by atoms with Crippen LogP contribution in [-0.2, 0) is 4.79 Å². The molecule has 20 heavy (non-hydrogen) atoms. The molecule has 0 saturated carbocycles. The first-order valence-corrected chi connectivity index (χ1v) is 6.59. The summed E-state index contributed by atoms with van der Waals surface area (Å²) in [4.78, 5) is 24.6. The Labute approximate surface area is 118 Å². The molecule has 0 aliphatic carbocycles. The highest BCUT2D eigenvalue weighted by atomic mass is 16.3. The minimum absolute atomic E-state index is 0.0478. The fraction of sp³-hybridized carbons (Fsp3) is 0.429. The van der Waals surface area contributed by atoms with Gasteiger partial charge in [0.25, 0.3) is 0 Å². The van der Waals surface area contributed by atoms with E-state index in [2.05, 4.69) is 10.6 Å². The van der Waals surface area contributed by atoms with E-state index in [0.717, 1.165) is 6.42 Å². The number of nitrogens with zero attached hydrogens (tertiary/aromatic N) is 1. The van der Waals surface area contributed by atoms with Gasteiger partial charge in [-0.1, -0.05) is 13.0 Å². The Hall–Kier alpha value is -2.08. The number of anilines is 2. The van der Waals surface area contributed by atoms with E-state index < -0.39 is 0 Å². The number of aliphatic hydroxyl groups is 1. The summed E-state index contributed by atoms with van der Waals surface area (Å²) in [6.07, 6.45) is 1.25. The van der Waals surface area contributed by atoms with E-state index in [1.54, 1.807) is 31.3 Å². The topological polar surface area (TPSA) is 81.7 Å². The van der Waals surface area contributed by atoms with Crippen LogP contribution in [0.15, 0.2) is 24.3 Å². The summed E-state index contributed by atoms with van der Waals surface area (Å²) in [6, 6.07) is 6.64. The van der Waals surface area contributed by atoms with Gasteiger partial charge in [0.15, 0.2) is 0 Å². The number of benzene rings is 1. The van der Waals surface area contributed by atoms with Crippen molar-refractivity contribution in [1.29, 1.82) is 0 Å². The molecule has 0 fully saturated rings. The van der Waals surface area contributed by atoms with Gasteiger partial charge in [0, 0.05) is 31.4 Å². The number of nitrogens with one attached hydrogen (secondary N) is 2. The van der Waals surface area contributed by atoms with E-state index >= 15 is 0 Å². The molecule has 0 bridgehead atoms. The van der Waals surface area contributed by atoms with E-state index in [1.807, 2.05) is 6.92 Å². The first kappa shape index (κ1) is 16.0. The Kier molecular flexibility index (Phi) is 6.52. The van der Waals surface area contributed by atoms with Crippen LogP contribution in [0.25, 0.3) is 0 Å². The van der Waals surface area contributed by atoms with Crippen molar-refractivity contribution in [2.24, 2.45) is 0 Å². The van der Waals surface area contributed by atoms with Crippen LogP contribution in [0, 0.1) is 0 Å². The zero-order chi connectivity index (χ0) is 15.0. The minimum Gasteiger partial charge on any atom is -0.395 e. The first-order chi connectivity index (χ1) is 9.56. The molecule has 3 amide bonds. The van der Waals surface area contributed by atoms with Gasteiger partial charge in [-0.15, -0.1) is 0 Å². The number of likely N-dealkylation sites (N-methyl/N-ethyl adjacent to an activating group) is 1. The molecule has 0 aliphatic heterocycles. The molecule has 1 rings (SSSR count). The van der Waals surface area contributed by atoms with Crippen molar-refractivity contribution in [3.63, 3.8) is 0 Å². The van der Waals surface area contributed by atoms with Gasteiger partial charge in [-0.25, -0.2) is 4.79 Å². The molecule has 0 heterocycles. The van der Waals surface area contributed by atoms with E-state index in [4.69, 9.17) is 5.11 Å². The number of carbonyl (C=O) groups excluding carboxylic acids is 2. The van der Waals surface area contributed by atoms with Gasteiger partial charge >= 0.3 is 6.03 Å². The van der Waals surface area contributed by atoms with Gasteiger partial charge in [-0.3, -0.25) is 4.79 Å². The largest absolute Gasteiger partial charge is 0.395 e. The van der Waals surface area contributed by atoms with Crippen molar-refractivity contribution in [3.05, 3.63) is 24.3 Å². The lowest BCUT2D eigenvalue weighted by molar-refractivity contribution is -0.116. The Morgan fingerprint density at radius 2 is 1.90 bits per heavy atom. The smallest absolute Gasteiger partial charge is 0.321 e. The van der Waals surface area contributed by atoms with Crippen molar-refractivity contribution >= 4 is 23.3 Å². The maximum absolute atomic E-state index is 11.8. The molecule has 0 unspecified atom stereocenters. The fourth-order valence-corrected chi connectivity index (χ4v) is 1.60. The normalized spacial score (nSPS) is 9.95. The first-order valence-electron chi connectivity index (χ1n) is 6.59. The standard InChI is InChI=1S/C14H21N3O3/c1-3-5-13(19)15-11-6-4-7-12(10-11)16-14(20)17(2)8-9-18/h4,6-7,10,18H,3,5,8-9H2,1-2H3,(H,15,19)(H,16,20). The average Bonchev–Trinajstić information content (AvgIpc) is 2.39. The molecule has 0 aliphatic rings. The summed E-state index contributed by atoms with van der Waals surface area (Å²) in [5.74, 6) is -0.0478. The molecule has 6 nitrogen and oxygen atoms in total. The van der Waals surface area contributed by atoms with E-state index in [-0.39, 0.29) is 25.1 Å². The van der Waals surface area contributed by atoms with Crippen LogP contribution in [0.4, 0.5) is 16.2 Å². The van der Waals surface area contributed by atoms with Crippen LogP contribution >= 0.6 is 0 Å². The summed E-state index contributed by atoms with van der Waals surface area (Å²) >= 11 is 0. The number of carbonyl (C=O) groups is 2.